The third-order valence-corrected chi connectivity index (χ3v) is 2.98. The Morgan fingerprint density at radius 1 is 1.22 bits per heavy atom. The Kier molecular flexibility index (Phi) is 3.18. The van der Waals surface area contributed by atoms with Gasteiger partial charge in [-0.2, -0.15) is 0 Å². The van der Waals surface area contributed by atoms with Crippen LogP contribution < -0.4 is 0 Å². The number of nitrogens with zero attached hydrogens (tertiary/aromatic N) is 1. The number of carbonyl (C=O) groups excluding carboxylic acids is 1. The number of Topliss-reactive ketones (excluding diaryl/α,β-unsaturated/α-hetero) is 1. The Morgan fingerprint density at radius 2 is 1.94 bits per heavy atom. The van der Waals surface area contributed by atoms with Crippen molar-refractivity contribution in [2.45, 2.75) is 26.9 Å². The van der Waals surface area contributed by atoms with Gasteiger partial charge in [0.25, 0.3) is 0 Å². The lowest BCUT2D eigenvalue weighted by molar-refractivity contribution is 0.0444. The van der Waals surface area contributed by atoms with Crippen molar-refractivity contribution in [3.05, 3.63) is 42.1 Å². The molecule has 0 bridgehead atoms. The predicted octanol–water partition coefficient (Wildman–Crippen LogP) is 2.82. The number of benzene rings is 1. The van der Waals surface area contributed by atoms with Gasteiger partial charge < -0.3 is 5.11 Å². The molecule has 2 aromatic rings. The van der Waals surface area contributed by atoms with Gasteiger partial charge in [-0.15, -0.1) is 0 Å². The summed E-state index contributed by atoms with van der Waals surface area (Å²) in [5, 5.41) is 10.9. The van der Waals surface area contributed by atoms with Gasteiger partial charge in [0, 0.05) is 17.1 Å². The molecule has 0 aliphatic rings. The highest BCUT2D eigenvalue weighted by molar-refractivity contribution is 6.09. The van der Waals surface area contributed by atoms with E-state index in [1.807, 2.05) is 32.9 Å². The first-order chi connectivity index (χ1) is 8.41. The third-order valence-electron chi connectivity index (χ3n) is 2.98. The monoisotopic (exact) mass is 243 g/mol. The molecule has 2 rings (SSSR count). The van der Waals surface area contributed by atoms with Crippen LogP contribution in [0.4, 0.5) is 0 Å². The zero-order valence-corrected chi connectivity index (χ0v) is 10.8. The van der Waals surface area contributed by atoms with Crippen LogP contribution in [0.15, 0.2) is 36.5 Å². The van der Waals surface area contributed by atoms with Crippen LogP contribution in [0.5, 0.6) is 0 Å². The zero-order valence-electron chi connectivity index (χ0n) is 10.8. The molecule has 1 N–H and O–H groups in total. The van der Waals surface area contributed by atoms with Crippen LogP contribution >= 0.6 is 0 Å². The van der Waals surface area contributed by atoms with Crippen molar-refractivity contribution >= 4 is 16.7 Å². The maximum atomic E-state index is 12.3. The molecule has 0 aliphatic carbocycles. The zero-order chi connectivity index (χ0) is 13.3. The molecule has 0 amide bonds. The highest BCUT2D eigenvalue weighted by Crippen LogP contribution is 2.25. The lowest BCUT2D eigenvalue weighted by atomic mass is 9.84. The number of rotatable bonds is 2. The van der Waals surface area contributed by atoms with Gasteiger partial charge >= 0.3 is 0 Å². The summed E-state index contributed by atoms with van der Waals surface area (Å²) < 4.78 is 0. The fraction of sp³-hybridized carbons (Fsp3) is 0.333. The quantitative estimate of drug-likeness (QED) is 0.825. The number of ketones is 1. The van der Waals surface area contributed by atoms with Crippen molar-refractivity contribution in [3.8, 4) is 0 Å². The van der Waals surface area contributed by atoms with Crippen LogP contribution in [0.1, 0.15) is 31.1 Å². The van der Waals surface area contributed by atoms with Crippen molar-refractivity contribution in [1.82, 2.24) is 4.98 Å². The largest absolute Gasteiger partial charge is 0.384 e. The van der Waals surface area contributed by atoms with Gasteiger partial charge in [-0.05, 0) is 17.5 Å². The van der Waals surface area contributed by atoms with Crippen LogP contribution in [0.2, 0.25) is 0 Å². The highest BCUT2D eigenvalue weighted by Gasteiger charge is 2.30. The average molecular weight is 243 g/mol. The molecule has 94 valence electrons. The average Bonchev–Trinajstić information content (AvgIpc) is 2.35. The second-order valence-electron chi connectivity index (χ2n) is 5.51. The number of hydrogen-bond donors (Lipinski definition) is 1. The molecule has 1 aromatic heterocycles. The van der Waals surface area contributed by atoms with Gasteiger partial charge in [0.2, 0.25) is 0 Å². The Hall–Kier alpha value is -1.74. The Labute approximate surface area is 106 Å². The smallest absolute Gasteiger partial charge is 0.192 e. The minimum absolute atomic E-state index is 0.249. The Balaban J connectivity index is 2.52. The molecule has 18 heavy (non-hydrogen) atoms. The van der Waals surface area contributed by atoms with E-state index in [1.54, 1.807) is 24.4 Å². The molecule has 1 heterocycles. The number of aliphatic hydroxyl groups is 1. The Bertz CT molecular complexity index is 579. The summed E-state index contributed by atoms with van der Waals surface area (Å²) in [7, 11) is 0. The van der Waals surface area contributed by atoms with E-state index in [4.69, 9.17) is 0 Å². The standard InChI is InChI=1S/C15H17NO2/c1-15(2,3)14(18)13(17)11-6-4-8-12-10(11)7-5-9-16-12/h4-9,14,18H,1-3H3. The number of hydrogen-bond acceptors (Lipinski definition) is 3. The normalized spacial score (nSPS) is 13.6. The van der Waals surface area contributed by atoms with E-state index in [9.17, 15) is 9.90 Å². The second-order valence-corrected chi connectivity index (χ2v) is 5.51. The second kappa shape index (κ2) is 4.50. The minimum Gasteiger partial charge on any atom is -0.384 e. The molecule has 1 aromatic carbocycles. The summed E-state index contributed by atoms with van der Waals surface area (Å²) in [5.74, 6) is -0.249. The summed E-state index contributed by atoms with van der Waals surface area (Å²) in [5.41, 5.74) is 0.828. The molecule has 3 heteroatoms. The Morgan fingerprint density at radius 3 is 2.61 bits per heavy atom. The van der Waals surface area contributed by atoms with Gasteiger partial charge in [0.1, 0.15) is 6.10 Å². The van der Waals surface area contributed by atoms with Crippen molar-refractivity contribution in [2.24, 2.45) is 5.41 Å². The molecule has 1 unspecified atom stereocenters. The molecular formula is C15H17NO2. The predicted molar refractivity (Wildman–Crippen MR) is 71.5 cm³/mol. The highest BCUT2D eigenvalue weighted by atomic mass is 16.3. The van der Waals surface area contributed by atoms with E-state index < -0.39 is 11.5 Å². The fourth-order valence-electron chi connectivity index (χ4n) is 1.86. The van der Waals surface area contributed by atoms with E-state index in [0.717, 1.165) is 10.9 Å². The summed E-state index contributed by atoms with van der Waals surface area (Å²) in [4.78, 5) is 16.5. The van der Waals surface area contributed by atoms with Crippen LogP contribution in [0.3, 0.4) is 0 Å². The lowest BCUT2D eigenvalue weighted by Crippen LogP contribution is -2.34. The number of fused-ring (bicyclic) bond motifs is 1. The van der Waals surface area contributed by atoms with E-state index in [0.29, 0.717) is 5.56 Å². The fourth-order valence-corrected chi connectivity index (χ4v) is 1.86. The number of pyridine rings is 1. The van der Waals surface area contributed by atoms with Crippen molar-refractivity contribution < 1.29 is 9.90 Å². The summed E-state index contributed by atoms with van der Waals surface area (Å²) >= 11 is 0. The maximum absolute atomic E-state index is 12.3. The number of aliphatic hydroxyl groups excluding tert-OH is 1. The van der Waals surface area contributed by atoms with Crippen LogP contribution in [-0.4, -0.2) is 22.0 Å². The van der Waals surface area contributed by atoms with Crippen molar-refractivity contribution in [3.63, 3.8) is 0 Å². The maximum Gasteiger partial charge on any atom is 0.192 e. The number of carbonyl (C=O) groups is 1. The molecule has 0 aliphatic heterocycles. The minimum atomic E-state index is -1.01. The summed E-state index contributed by atoms with van der Waals surface area (Å²) in [6.45, 7) is 5.54. The van der Waals surface area contributed by atoms with Crippen LogP contribution in [0.25, 0.3) is 10.9 Å². The van der Waals surface area contributed by atoms with Crippen molar-refractivity contribution in [1.29, 1.82) is 0 Å². The molecule has 1 atom stereocenters. The van der Waals surface area contributed by atoms with Gasteiger partial charge in [0.05, 0.1) is 5.52 Å². The van der Waals surface area contributed by atoms with Gasteiger partial charge in [-0.3, -0.25) is 9.78 Å². The van der Waals surface area contributed by atoms with Gasteiger partial charge in [-0.25, -0.2) is 0 Å². The van der Waals surface area contributed by atoms with E-state index in [2.05, 4.69) is 4.98 Å². The number of aromatic nitrogens is 1. The van der Waals surface area contributed by atoms with E-state index in [1.165, 1.54) is 0 Å². The SMILES string of the molecule is CC(C)(C)C(O)C(=O)c1cccc2ncccc12. The molecule has 3 nitrogen and oxygen atoms in total. The van der Waals surface area contributed by atoms with Crippen molar-refractivity contribution in [2.75, 3.05) is 0 Å². The first kappa shape index (κ1) is 12.7. The van der Waals surface area contributed by atoms with Gasteiger partial charge in [-0.1, -0.05) is 39.0 Å². The summed E-state index contributed by atoms with van der Waals surface area (Å²) in [6, 6.07) is 9.03. The molecule has 0 fully saturated rings. The van der Waals surface area contributed by atoms with Crippen LogP contribution in [-0.2, 0) is 0 Å². The lowest BCUT2D eigenvalue weighted by Gasteiger charge is -2.24. The molecule has 0 saturated carbocycles. The van der Waals surface area contributed by atoms with Gasteiger partial charge in [0.15, 0.2) is 5.78 Å². The molecule has 0 radical (unpaired) electrons. The molecule has 0 saturated heterocycles. The topological polar surface area (TPSA) is 50.2 Å². The first-order valence-corrected chi connectivity index (χ1v) is 5.97. The molecule has 0 spiro atoms. The van der Waals surface area contributed by atoms with Crippen LogP contribution in [0, 0.1) is 5.41 Å². The van der Waals surface area contributed by atoms with E-state index >= 15 is 0 Å². The molecular weight excluding hydrogens is 226 g/mol. The third kappa shape index (κ3) is 2.27. The summed E-state index contributed by atoms with van der Waals surface area (Å²) in [6.07, 6.45) is 0.680. The first-order valence-electron chi connectivity index (χ1n) is 5.97. The van der Waals surface area contributed by atoms with E-state index in [-0.39, 0.29) is 5.78 Å².